The van der Waals surface area contributed by atoms with Crippen LogP contribution in [-0.4, -0.2) is 53.2 Å². The summed E-state index contributed by atoms with van der Waals surface area (Å²) >= 11 is 1.09. The third-order valence-electron chi connectivity index (χ3n) is 5.98. The number of carbonyl (C=O) groups excluding carboxylic acids is 1. The number of nitrogens with zero attached hydrogens (tertiary/aromatic N) is 2. The fourth-order valence-corrected chi connectivity index (χ4v) is 4.99. The summed E-state index contributed by atoms with van der Waals surface area (Å²) in [7, 11) is 1.47. The van der Waals surface area contributed by atoms with Crippen molar-refractivity contribution >= 4 is 39.1 Å². The number of alkyl halides is 3. The number of hydrogen-bond donors (Lipinski definition) is 2. The van der Waals surface area contributed by atoms with Crippen molar-refractivity contribution in [3.05, 3.63) is 99.2 Å². The summed E-state index contributed by atoms with van der Waals surface area (Å²) in [6, 6.07) is 19.4. The minimum Gasteiger partial charge on any atom is -0.492 e. The largest absolute Gasteiger partial charge is 0.492 e. The first-order valence-electron chi connectivity index (χ1n) is 12.2. The zero-order valence-corrected chi connectivity index (χ0v) is 22.4. The van der Waals surface area contributed by atoms with E-state index in [4.69, 9.17) is 9.57 Å². The molecule has 4 rings (SSSR count). The van der Waals surface area contributed by atoms with Crippen LogP contribution in [-0.2, 0) is 27.4 Å². The molecule has 4 aromatic rings. The average Bonchev–Trinajstić information content (AvgIpc) is 3.26. The van der Waals surface area contributed by atoms with Gasteiger partial charge in [-0.2, -0.15) is 13.2 Å². The fraction of sp³-hybridized carbons (Fsp3) is 0.214. The number of ether oxygens (including phenoxy) is 1. The van der Waals surface area contributed by atoms with Gasteiger partial charge >= 0.3 is 22.9 Å². The van der Waals surface area contributed by atoms with E-state index >= 15 is 0 Å². The standard InChI is InChI=1S/C28H24F3N3O6S/c1-39-33-24(18-5-3-2-4-6-18)19-9-12-22-23(16-19)41-27(38)34(22)13-14-40-20-10-7-17(8-11-20)15-21(25(35)36)32-26(37)28(29,30)31/h2-12,16,21H,13-15H2,1H3,(H,32,37)(H,35,36). The van der Waals surface area contributed by atoms with E-state index in [1.807, 2.05) is 48.5 Å². The zero-order valence-electron chi connectivity index (χ0n) is 21.6. The third kappa shape index (κ3) is 7.31. The molecule has 214 valence electrons. The highest BCUT2D eigenvalue weighted by Gasteiger charge is 2.40. The lowest BCUT2D eigenvalue weighted by Crippen LogP contribution is -2.47. The molecule has 13 heteroatoms. The second-order valence-corrected chi connectivity index (χ2v) is 9.74. The predicted octanol–water partition coefficient (Wildman–Crippen LogP) is 4.22. The molecular weight excluding hydrogens is 563 g/mol. The Morgan fingerprint density at radius 1 is 1.05 bits per heavy atom. The molecule has 2 N–H and O–H groups in total. The van der Waals surface area contributed by atoms with Crippen LogP contribution in [0.3, 0.4) is 0 Å². The van der Waals surface area contributed by atoms with Gasteiger partial charge in [-0.05, 0) is 29.8 Å². The van der Waals surface area contributed by atoms with Crippen molar-refractivity contribution in [2.75, 3.05) is 13.7 Å². The van der Waals surface area contributed by atoms with E-state index in [0.29, 0.717) is 17.0 Å². The van der Waals surface area contributed by atoms with Gasteiger partial charge in [-0.15, -0.1) is 0 Å². The van der Waals surface area contributed by atoms with Crippen molar-refractivity contribution in [2.24, 2.45) is 5.16 Å². The molecule has 1 heterocycles. The van der Waals surface area contributed by atoms with E-state index in [1.165, 1.54) is 36.7 Å². The maximum Gasteiger partial charge on any atom is 0.471 e. The first-order valence-corrected chi connectivity index (χ1v) is 13.0. The van der Waals surface area contributed by atoms with Crippen molar-refractivity contribution < 1.29 is 37.4 Å². The zero-order chi connectivity index (χ0) is 29.6. The lowest BCUT2D eigenvalue weighted by atomic mass is 10.0. The van der Waals surface area contributed by atoms with Crippen molar-refractivity contribution in [3.8, 4) is 5.75 Å². The van der Waals surface area contributed by atoms with E-state index in [1.54, 1.807) is 4.57 Å². The molecule has 0 spiro atoms. The average molecular weight is 588 g/mol. The Kier molecular flexibility index (Phi) is 9.07. The number of benzene rings is 3. The van der Waals surface area contributed by atoms with Crippen LogP contribution >= 0.6 is 11.3 Å². The number of rotatable bonds is 11. The fourth-order valence-electron chi connectivity index (χ4n) is 4.04. The van der Waals surface area contributed by atoms with Crippen LogP contribution in [0, 0.1) is 0 Å². The summed E-state index contributed by atoms with van der Waals surface area (Å²) in [6.07, 6.45) is -5.54. The Morgan fingerprint density at radius 2 is 1.76 bits per heavy atom. The molecule has 9 nitrogen and oxygen atoms in total. The third-order valence-corrected chi connectivity index (χ3v) is 6.92. The van der Waals surface area contributed by atoms with Gasteiger partial charge in [0.25, 0.3) is 0 Å². The van der Waals surface area contributed by atoms with Crippen molar-refractivity contribution in [3.63, 3.8) is 0 Å². The number of halogens is 3. The number of aromatic nitrogens is 1. The topological polar surface area (TPSA) is 119 Å². The number of carboxylic acid groups (broad SMARTS) is 1. The van der Waals surface area contributed by atoms with Crippen molar-refractivity contribution in [1.82, 2.24) is 9.88 Å². The van der Waals surface area contributed by atoms with Crippen LogP contribution in [0.1, 0.15) is 16.7 Å². The maximum atomic E-state index is 12.7. The van der Waals surface area contributed by atoms with Gasteiger partial charge in [0.05, 0.1) is 16.8 Å². The normalized spacial score (nSPS) is 12.6. The van der Waals surface area contributed by atoms with Gasteiger partial charge in [-0.3, -0.25) is 14.2 Å². The molecule has 1 aromatic heterocycles. The molecule has 0 saturated carbocycles. The Morgan fingerprint density at radius 3 is 2.39 bits per heavy atom. The lowest BCUT2D eigenvalue weighted by molar-refractivity contribution is -0.175. The van der Waals surface area contributed by atoms with E-state index in [2.05, 4.69) is 5.16 Å². The molecule has 0 aliphatic carbocycles. The number of nitrogens with one attached hydrogen (secondary N) is 1. The predicted molar refractivity (Wildman–Crippen MR) is 146 cm³/mol. The van der Waals surface area contributed by atoms with Gasteiger partial charge in [0.1, 0.15) is 31.2 Å². The van der Waals surface area contributed by atoms with Crippen LogP contribution < -0.4 is 14.9 Å². The summed E-state index contributed by atoms with van der Waals surface area (Å²) in [5, 5.41) is 14.8. The molecule has 3 aromatic carbocycles. The van der Waals surface area contributed by atoms with Crippen molar-refractivity contribution in [1.29, 1.82) is 0 Å². The van der Waals surface area contributed by atoms with Crippen LogP contribution in [0.25, 0.3) is 10.2 Å². The van der Waals surface area contributed by atoms with Gasteiger partial charge in [0.15, 0.2) is 0 Å². The molecule has 0 saturated heterocycles. The highest BCUT2D eigenvalue weighted by Crippen LogP contribution is 2.22. The molecule has 0 bridgehead atoms. The minimum absolute atomic E-state index is 0.145. The molecule has 1 atom stereocenters. The molecule has 0 aliphatic rings. The van der Waals surface area contributed by atoms with Gasteiger partial charge in [-0.25, -0.2) is 4.79 Å². The second-order valence-electron chi connectivity index (χ2n) is 8.75. The number of amides is 1. The van der Waals surface area contributed by atoms with E-state index in [9.17, 15) is 32.7 Å². The number of thiazole rings is 1. The summed E-state index contributed by atoms with van der Waals surface area (Å²) < 4.78 is 45.5. The van der Waals surface area contributed by atoms with Gasteiger partial charge in [-0.1, -0.05) is 65.0 Å². The maximum absolute atomic E-state index is 12.7. The van der Waals surface area contributed by atoms with Gasteiger partial charge in [0.2, 0.25) is 0 Å². The summed E-state index contributed by atoms with van der Waals surface area (Å²) in [6.45, 7) is 0.398. The summed E-state index contributed by atoms with van der Waals surface area (Å²) in [5.41, 5.74) is 3.40. The first-order chi connectivity index (χ1) is 19.6. The van der Waals surface area contributed by atoms with E-state index in [-0.39, 0.29) is 24.4 Å². The minimum atomic E-state index is -5.19. The first kappa shape index (κ1) is 29.3. The van der Waals surface area contributed by atoms with Gasteiger partial charge in [0, 0.05) is 17.5 Å². The number of aliphatic carboxylic acids is 1. The molecule has 0 aliphatic heterocycles. The molecule has 0 radical (unpaired) electrons. The van der Waals surface area contributed by atoms with Crippen LogP contribution in [0.2, 0.25) is 0 Å². The summed E-state index contributed by atoms with van der Waals surface area (Å²) in [4.78, 5) is 40.0. The highest BCUT2D eigenvalue weighted by atomic mass is 32.1. The number of fused-ring (bicyclic) bond motifs is 1. The molecular formula is C28H24F3N3O6S. The van der Waals surface area contributed by atoms with Crippen LogP contribution in [0.5, 0.6) is 5.75 Å². The van der Waals surface area contributed by atoms with E-state index < -0.39 is 24.1 Å². The molecule has 1 amide bonds. The molecule has 0 fully saturated rings. The Hall–Kier alpha value is -4.65. The Labute approximate surface area is 235 Å². The Bertz CT molecular complexity index is 1620. The number of carboxylic acids is 1. The SMILES string of the molecule is CON=C(c1ccccc1)c1ccc2c(c1)sc(=O)n2CCOc1ccc(CC(NC(=O)C(F)(F)F)C(=O)O)cc1. The molecule has 41 heavy (non-hydrogen) atoms. The van der Waals surface area contributed by atoms with Gasteiger partial charge < -0.3 is 20.0 Å². The molecule has 1 unspecified atom stereocenters. The number of hydrogen-bond acceptors (Lipinski definition) is 7. The van der Waals surface area contributed by atoms with E-state index in [0.717, 1.165) is 32.7 Å². The van der Waals surface area contributed by atoms with Crippen molar-refractivity contribution in [2.45, 2.75) is 25.2 Å². The summed E-state index contributed by atoms with van der Waals surface area (Å²) in [5.74, 6) is -3.50. The van der Waals surface area contributed by atoms with Crippen LogP contribution in [0.15, 0.2) is 82.7 Å². The lowest BCUT2D eigenvalue weighted by Gasteiger charge is -2.16. The number of oxime groups is 1. The smallest absolute Gasteiger partial charge is 0.471 e. The second kappa shape index (κ2) is 12.7. The quantitative estimate of drug-likeness (QED) is 0.200. The number of carbonyl (C=O) groups is 2. The Balaban J connectivity index is 1.40. The van der Waals surface area contributed by atoms with Crippen LogP contribution in [0.4, 0.5) is 13.2 Å². The monoisotopic (exact) mass is 587 g/mol. The highest BCUT2D eigenvalue weighted by molar-refractivity contribution is 7.16.